The summed E-state index contributed by atoms with van der Waals surface area (Å²) in [5, 5.41) is 0. The van der Waals surface area contributed by atoms with Gasteiger partial charge in [-0.25, -0.2) is 4.79 Å². The Hall–Kier alpha value is -8.05. The van der Waals surface area contributed by atoms with Crippen LogP contribution in [0, 0.1) is 41.4 Å². The molecule has 0 radical (unpaired) electrons. The van der Waals surface area contributed by atoms with Crippen LogP contribution in [0.3, 0.4) is 0 Å². The summed E-state index contributed by atoms with van der Waals surface area (Å²) in [7, 11) is 0. The van der Waals surface area contributed by atoms with Crippen molar-refractivity contribution in [3.05, 3.63) is 176 Å². The van der Waals surface area contributed by atoms with Crippen molar-refractivity contribution in [2.24, 2.45) is 29.6 Å². The molecule has 0 aliphatic heterocycles. The molecule has 0 heterocycles. The van der Waals surface area contributed by atoms with Crippen LogP contribution in [0.4, 0.5) is 0 Å². The zero-order valence-corrected chi connectivity index (χ0v) is 47.8. The molecule has 0 bridgehead atoms. The number of hydrogen-bond acceptors (Lipinski definition) is 14. The van der Waals surface area contributed by atoms with E-state index in [1.165, 1.54) is 12.1 Å². The molecule has 83 heavy (non-hydrogen) atoms. The Balaban J connectivity index is 0.879. The number of carbonyl (C=O) groups excluding carboxylic acids is 5. The molecular weight excluding hydrogens is 1050 g/mol. The lowest BCUT2D eigenvalue weighted by atomic mass is 9.82. The fourth-order valence-corrected chi connectivity index (χ4v) is 10.1. The van der Waals surface area contributed by atoms with Crippen molar-refractivity contribution >= 4 is 29.8 Å². The second-order valence-electron chi connectivity index (χ2n) is 21.3. The van der Waals surface area contributed by atoms with Crippen molar-refractivity contribution in [3.63, 3.8) is 0 Å². The van der Waals surface area contributed by atoms with Gasteiger partial charge in [0.2, 0.25) is 5.75 Å². The number of allylic oxidation sites excluding steroid dienone is 6. The van der Waals surface area contributed by atoms with E-state index in [2.05, 4.69) is 38.2 Å². The minimum absolute atomic E-state index is 0.0966. The number of unbranched alkanes of at least 4 members (excludes halogenated alkanes) is 6. The third-order valence-corrected chi connectivity index (χ3v) is 15.1. The molecule has 3 unspecified atom stereocenters. The Morgan fingerprint density at radius 2 is 0.952 bits per heavy atom. The number of carbonyl (C=O) groups is 5. The zero-order valence-electron chi connectivity index (χ0n) is 47.8. The minimum Gasteiger partial charge on any atom is -0.494 e. The van der Waals surface area contributed by atoms with Crippen molar-refractivity contribution < 1.29 is 66.6 Å². The molecule has 0 N–H and O–H groups in total. The van der Waals surface area contributed by atoms with E-state index in [4.69, 9.17) is 42.6 Å². The molecule has 2 saturated carbocycles. The van der Waals surface area contributed by atoms with Crippen molar-refractivity contribution in [1.82, 2.24) is 0 Å². The van der Waals surface area contributed by atoms with Gasteiger partial charge in [0.05, 0.1) is 55.7 Å². The average molecular weight is 1130 g/mol. The van der Waals surface area contributed by atoms with Crippen LogP contribution < -0.4 is 14.2 Å². The molecule has 7 rings (SSSR count). The van der Waals surface area contributed by atoms with Crippen LogP contribution in [-0.2, 0) is 52.4 Å². The highest BCUT2D eigenvalue weighted by Gasteiger charge is 2.36. The number of ether oxygens (including phenoxy) is 9. The van der Waals surface area contributed by atoms with Crippen LogP contribution in [0.25, 0.3) is 0 Å². The monoisotopic (exact) mass is 1130 g/mol. The lowest BCUT2D eigenvalue weighted by Gasteiger charge is -2.28. The molecule has 0 saturated heterocycles. The van der Waals surface area contributed by atoms with E-state index in [9.17, 15) is 24.0 Å². The third kappa shape index (κ3) is 21.0. The van der Waals surface area contributed by atoms with Gasteiger partial charge in [-0.1, -0.05) is 80.7 Å². The molecule has 0 aromatic heterocycles. The normalized spacial score (nSPS) is 21.6. The van der Waals surface area contributed by atoms with Crippen LogP contribution in [0.15, 0.2) is 170 Å². The first kappa shape index (κ1) is 62.5. The molecule has 3 atom stereocenters. The fraction of sp³-hybridized carbons (Fsp3) is 0.435. The average Bonchev–Trinajstić information content (AvgIpc) is 3.64. The van der Waals surface area contributed by atoms with E-state index in [1.807, 2.05) is 72.9 Å². The summed E-state index contributed by atoms with van der Waals surface area (Å²) in [6.07, 6.45) is 31.2. The van der Waals surface area contributed by atoms with E-state index in [0.29, 0.717) is 109 Å². The van der Waals surface area contributed by atoms with Crippen LogP contribution in [0.2, 0.25) is 0 Å². The lowest BCUT2D eigenvalue weighted by molar-refractivity contribution is -0.155. The standard InChI is InChI=1S/C69H80O14/c1-5-49(3)75-45-14-7-9-16-47-77-58-37-41-60(42-38-58)79-65(70)54-29-33-56(34-30-54)67(72)81-62-21-18-22-63(64(62)83-69(74)53-27-25-52(26-28-53)24-23-51-19-12-11-13-20-51)82-68(73)57-35-31-55(32-36-57)66(71)80-61-43-39-59(40-44-61)78-48-17-10-8-15-46-76-50(4)6-2/h5-6,11-13,18-22,25,27-28,37-41,43,52,54-57,60-61H,1-4,7-10,14-17,26,29-36,42,44-48H2. The Morgan fingerprint density at radius 3 is 1.37 bits per heavy atom. The Morgan fingerprint density at radius 1 is 0.494 bits per heavy atom. The van der Waals surface area contributed by atoms with Crippen molar-refractivity contribution in [2.45, 2.75) is 134 Å². The SMILES string of the molecule is C=CC(=C)OCCCCCCOC1=CCC(OC(=O)C2CCC(C(=O)Oc3cccc(OC(=O)C4CCC(C(=O)OC5C=CC(OCCCCCCOC(=C)C=C)=CC5)CC4)c3OC(=O)C3=CCC(C#Cc4ccccc4)C=C3)CC2)C=C1. The van der Waals surface area contributed by atoms with E-state index < -0.39 is 42.0 Å². The second-order valence-corrected chi connectivity index (χ2v) is 21.3. The molecule has 5 aliphatic carbocycles. The molecule has 440 valence electrons. The molecular formula is C69H80O14. The highest BCUT2D eigenvalue weighted by atomic mass is 16.6. The molecule has 14 nitrogen and oxygen atoms in total. The second kappa shape index (κ2) is 33.8. The Labute approximate surface area is 489 Å². The number of hydrogen-bond donors (Lipinski definition) is 0. The summed E-state index contributed by atoms with van der Waals surface area (Å²) in [6.45, 7) is 17.2. The zero-order chi connectivity index (χ0) is 58.6. The van der Waals surface area contributed by atoms with Gasteiger partial charge in [-0.3, -0.25) is 19.2 Å². The van der Waals surface area contributed by atoms with Gasteiger partial charge in [-0.2, -0.15) is 0 Å². The van der Waals surface area contributed by atoms with Crippen molar-refractivity contribution in [1.29, 1.82) is 0 Å². The first-order valence-corrected chi connectivity index (χ1v) is 29.5. The van der Waals surface area contributed by atoms with Gasteiger partial charge in [0.25, 0.3) is 0 Å². The van der Waals surface area contributed by atoms with Crippen LogP contribution in [-0.4, -0.2) is 68.5 Å². The maximum Gasteiger partial charge on any atom is 0.343 e. The maximum atomic E-state index is 13.9. The van der Waals surface area contributed by atoms with Crippen LogP contribution in [0.5, 0.6) is 17.2 Å². The molecule has 5 aliphatic rings. The summed E-state index contributed by atoms with van der Waals surface area (Å²) in [5.41, 5.74) is 1.14. The van der Waals surface area contributed by atoms with Gasteiger partial charge in [-0.05, 0) is 182 Å². The predicted molar refractivity (Wildman–Crippen MR) is 316 cm³/mol. The van der Waals surface area contributed by atoms with Crippen molar-refractivity contribution in [3.8, 4) is 29.1 Å². The van der Waals surface area contributed by atoms with Gasteiger partial charge >= 0.3 is 29.8 Å². The number of esters is 5. The smallest absolute Gasteiger partial charge is 0.343 e. The van der Waals surface area contributed by atoms with Crippen molar-refractivity contribution in [2.75, 3.05) is 26.4 Å². The summed E-state index contributed by atoms with van der Waals surface area (Å²) >= 11 is 0. The lowest BCUT2D eigenvalue weighted by Crippen LogP contribution is -2.31. The Bertz CT molecular complexity index is 2700. The highest BCUT2D eigenvalue weighted by Crippen LogP contribution is 2.41. The van der Waals surface area contributed by atoms with Crippen LogP contribution >= 0.6 is 0 Å². The highest BCUT2D eigenvalue weighted by molar-refractivity contribution is 5.94. The van der Waals surface area contributed by atoms with Gasteiger partial charge in [0.15, 0.2) is 11.5 Å². The van der Waals surface area contributed by atoms with E-state index in [0.717, 1.165) is 68.4 Å². The molecule has 2 aromatic rings. The van der Waals surface area contributed by atoms with E-state index in [-0.39, 0.29) is 52.5 Å². The van der Waals surface area contributed by atoms with Crippen LogP contribution in [0.1, 0.15) is 128 Å². The topological polar surface area (TPSA) is 168 Å². The first-order valence-electron chi connectivity index (χ1n) is 29.5. The minimum atomic E-state index is -0.741. The molecule has 0 amide bonds. The van der Waals surface area contributed by atoms with Gasteiger partial charge in [-0.15, -0.1) is 0 Å². The summed E-state index contributed by atoms with van der Waals surface area (Å²) < 4.78 is 52.4. The van der Waals surface area contributed by atoms with E-state index in [1.54, 1.807) is 30.4 Å². The number of rotatable bonds is 30. The van der Waals surface area contributed by atoms with Gasteiger partial charge in [0, 0.05) is 24.3 Å². The summed E-state index contributed by atoms with van der Waals surface area (Å²) in [6, 6.07) is 14.1. The van der Waals surface area contributed by atoms with Gasteiger partial charge < -0.3 is 42.6 Å². The quantitative estimate of drug-likeness (QED) is 0.0181. The first-order chi connectivity index (χ1) is 40.4. The largest absolute Gasteiger partial charge is 0.494 e. The molecule has 2 aromatic carbocycles. The fourth-order valence-electron chi connectivity index (χ4n) is 10.1. The number of benzene rings is 2. The van der Waals surface area contributed by atoms with Gasteiger partial charge in [0.1, 0.15) is 35.2 Å². The molecule has 14 heteroatoms. The summed E-state index contributed by atoms with van der Waals surface area (Å²) in [4.78, 5) is 68.4. The molecule has 2 fully saturated rings. The van der Waals surface area contributed by atoms with E-state index >= 15 is 0 Å². The summed E-state index contributed by atoms with van der Waals surface area (Å²) in [5.74, 6) is 4.14. The number of para-hydroxylation sites is 1. The Kier molecular flexibility index (Phi) is 25.4. The predicted octanol–water partition coefficient (Wildman–Crippen LogP) is 13.7. The maximum absolute atomic E-state index is 13.9. The molecule has 0 spiro atoms. The third-order valence-electron chi connectivity index (χ3n) is 15.1.